The van der Waals surface area contributed by atoms with Crippen LogP contribution in [0.5, 0.6) is 0 Å². The SMILES string of the molecule is O=C(O)CCN(C(=O)c1cncc(Br)c1)C1CCOCC1. The molecule has 0 saturated carbocycles. The van der Waals surface area contributed by atoms with Crippen LogP contribution in [0.15, 0.2) is 22.9 Å². The fraction of sp³-hybridized carbons (Fsp3) is 0.500. The predicted molar refractivity (Wildman–Crippen MR) is 79.1 cm³/mol. The first-order valence-electron chi connectivity index (χ1n) is 6.79. The Kier molecular flexibility index (Phi) is 5.69. The second-order valence-corrected chi connectivity index (χ2v) is 5.79. The number of aliphatic carboxylic acids is 1. The molecular formula is C14H17BrN2O4. The van der Waals surface area contributed by atoms with Gasteiger partial charge in [0.25, 0.3) is 5.91 Å². The van der Waals surface area contributed by atoms with Crippen LogP contribution in [-0.2, 0) is 9.53 Å². The van der Waals surface area contributed by atoms with Gasteiger partial charge in [-0.2, -0.15) is 0 Å². The first kappa shape index (κ1) is 15.9. The van der Waals surface area contributed by atoms with E-state index in [2.05, 4.69) is 20.9 Å². The summed E-state index contributed by atoms with van der Waals surface area (Å²) in [4.78, 5) is 29.1. The van der Waals surface area contributed by atoms with Gasteiger partial charge in [-0.15, -0.1) is 0 Å². The summed E-state index contributed by atoms with van der Waals surface area (Å²) in [6.07, 6.45) is 4.50. The molecule has 114 valence electrons. The van der Waals surface area contributed by atoms with Crippen LogP contribution in [-0.4, -0.2) is 52.7 Å². The Hall–Kier alpha value is -1.47. The lowest BCUT2D eigenvalue weighted by atomic mass is 10.1. The Morgan fingerprint density at radius 3 is 2.71 bits per heavy atom. The van der Waals surface area contributed by atoms with E-state index in [1.807, 2.05) is 0 Å². The van der Waals surface area contributed by atoms with Crippen LogP contribution in [0.2, 0.25) is 0 Å². The third-order valence-electron chi connectivity index (χ3n) is 3.41. The summed E-state index contributed by atoms with van der Waals surface area (Å²) in [5.41, 5.74) is 0.459. The molecule has 2 heterocycles. The lowest BCUT2D eigenvalue weighted by molar-refractivity contribution is -0.137. The Morgan fingerprint density at radius 2 is 2.10 bits per heavy atom. The lowest BCUT2D eigenvalue weighted by Crippen LogP contribution is -2.44. The average molecular weight is 357 g/mol. The zero-order valence-electron chi connectivity index (χ0n) is 11.5. The Balaban J connectivity index is 2.16. The van der Waals surface area contributed by atoms with E-state index in [0.29, 0.717) is 18.8 Å². The molecule has 1 saturated heterocycles. The zero-order valence-corrected chi connectivity index (χ0v) is 13.1. The summed E-state index contributed by atoms with van der Waals surface area (Å²) in [6.45, 7) is 1.39. The van der Waals surface area contributed by atoms with Gasteiger partial charge in [-0.05, 0) is 34.8 Å². The molecule has 7 heteroatoms. The highest BCUT2D eigenvalue weighted by molar-refractivity contribution is 9.10. The molecule has 0 spiro atoms. The second-order valence-electron chi connectivity index (χ2n) is 4.88. The van der Waals surface area contributed by atoms with Crippen LogP contribution in [0.1, 0.15) is 29.6 Å². The van der Waals surface area contributed by atoms with Crippen LogP contribution in [0, 0.1) is 0 Å². The Labute approximate surface area is 131 Å². The standard InChI is InChI=1S/C14H17BrN2O4/c15-11-7-10(8-16-9-11)14(20)17(4-1-13(18)19)12-2-5-21-6-3-12/h7-9,12H,1-6H2,(H,18,19). The van der Waals surface area contributed by atoms with E-state index in [4.69, 9.17) is 9.84 Å². The van der Waals surface area contributed by atoms with Gasteiger partial charge in [0.2, 0.25) is 0 Å². The van der Waals surface area contributed by atoms with Crippen molar-refractivity contribution < 1.29 is 19.4 Å². The number of halogens is 1. The number of nitrogens with zero attached hydrogens (tertiary/aromatic N) is 2. The number of hydrogen-bond donors (Lipinski definition) is 1. The van der Waals surface area contributed by atoms with Crippen molar-refractivity contribution >= 4 is 27.8 Å². The van der Waals surface area contributed by atoms with Crippen molar-refractivity contribution in [3.63, 3.8) is 0 Å². The molecule has 1 aromatic heterocycles. The Bertz CT molecular complexity index is 517. The molecule has 1 amide bonds. The van der Waals surface area contributed by atoms with Crippen LogP contribution in [0.3, 0.4) is 0 Å². The average Bonchev–Trinajstić information content (AvgIpc) is 2.48. The van der Waals surface area contributed by atoms with Crippen LogP contribution >= 0.6 is 15.9 Å². The molecule has 1 N–H and O–H groups in total. The van der Waals surface area contributed by atoms with E-state index in [1.165, 1.54) is 6.20 Å². The molecule has 0 aromatic carbocycles. The number of amides is 1. The van der Waals surface area contributed by atoms with Gasteiger partial charge < -0.3 is 14.7 Å². The van der Waals surface area contributed by atoms with Crippen LogP contribution < -0.4 is 0 Å². The number of hydrogen-bond acceptors (Lipinski definition) is 4. The van der Waals surface area contributed by atoms with Crippen molar-refractivity contribution in [1.82, 2.24) is 9.88 Å². The third-order valence-corrected chi connectivity index (χ3v) is 3.84. The summed E-state index contributed by atoms with van der Waals surface area (Å²) in [5, 5.41) is 8.87. The highest BCUT2D eigenvalue weighted by atomic mass is 79.9. The number of ether oxygens (including phenoxy) is 1. The normalized spacial score (nSPS) is 15.7. The van der Waals surface area contributed by atoms with Gasteiger partial charge in [-0.1, -0.05) is 0 Å². The molecule has 0 bridgehead atoms. The van der Waals surface area contributed by atoms with E-state index in [9.17, 15) is 9.59 Å². The monoisotopic (exact) mass is 356 g/mol. The summed E-state index contributed by atoms with van der Waals surface area (Å²) in [5.74, 6) is -1.09. The fourth-order valence-corrected chi connectivity index (χ4v) is 2.72. The lowest BCUT2D eigenvalue weighted by Gasteiger charge is -2.34. The summed E-state index contributed by atoms with van der Waals surface area (Å²) in [7, 11) is 0. The van der Waals surface area contributed by atoms with Crippen molar-refractivity contribution in [2.75, 3.05) is 19.8 Å². The minimum absolute atomic E-state index is 0.0181. The van der Waals surface area contributed by atoms with Gasteiger partial charge in [0.05, 0.1) is 12.0 Å². The molecule has 0 atom stereocenters. The van der Waals surface area contributed by atoms with Crippen molar-refractivity contribution in [2.45, 2.75) is 25.3 Å². The molecule has 1 aliphatic rings. The van der Waals surface area contributed by atoms with E-state index in [-0.39, 0.29) is 24.9 Å². The minimum Gasteiger partial charge on any atom is -0.481 e. The number of carboxylic acid groups (broad SMARTS) is 1. The third kappa shape index (κ3) is 4.50. The van der Waals surface area contributed by atoms with Gasteiger partial charge in [0.15, 0.2) is 0 Å². The highest BCUT2D eigenvalue weighted by Gasteiger charge is 2.27. The van der Waals surface area contributed by atoms with Crippen molar-refractivity contribution in [1.29, 1.82) is 0 Å². The number of pyridine rings is 1. The number of rotatable bonds is 5. The summed E-state index contributed by atoms with van der Waals surface area (Å²) < 4.78 is 6.03. The number of carbonyl (C=O) groups excluding carboxylic acids is 1. The molecule has 1 aromatic rings. The van der Waals surface area contributed by atoms with Crippen molar-refractivity contribution in [3.8, 4) is 0 Å². The molecule has 0 aliphatic carbocycles. The van der Waals surface area contributed by atoms with E-state index < -0.39 is 5.97 Å². The van der Waals surface area contributed by atoms with Crippen LogP contribution in [0.4, 0.5) is 0 Å². The maximum atomic E-state index is 12.6. The van der Waals surface area contributed by atoms with Crippen molar-refractivity contribution in [2.24, 2.45) is 0 Å². The van der Waals surface area contributed by atoms with Crippen LogP contribution in [0.25, 0.3) is 0 Å². The summed E-state index contributed by atoms with van der Waals surface area (Å²) in [6, 6.07) is 1.71. The predicted octanol–water partition coefficient (Wildman–Crippen LogP) is 1.94. The topological polar surface area (TPSA) is 79.7 Å². The molecule has 0 unspecified atom stereocenters. The first-order valence-corrected chi connectivity index (χ1v) is 7.58. The van der Waals surface area contributed by atoms with Gasteiger partial charge >= 0.3 is 5.97 Å². The Morgan fingerprint density at radius 1 is 1.38 bits per heavy atom. The molecule has 2 rings (SSSR count). The van der Waals surface area contributed by atoms with E-state index >= 15 is 0 Å². The molecule has 1 fully saturated rings. The number of aromatic nitrogens is 1. The summed E-state index contributed by atoms with van der Waals surface area (Å²) >= 11 is 3.29. The largest absolute Gasteiger partial charge is 0.481 e. The van der Waals surface area contributed by atoms with E-state index in [0.717, 1.165) is 17.3 Å². The van der Waals surface area contributed by atoms with Crippen molar-refractivity contribution in [3.05, 3.63) is 28.5 Å². The second kappa shape index (κ2) is 7.51. The van der Waals surface area contributed by atoms with E-state index in [1.54, 1.807) is 17.2 Å². The number of carboxylic acids is 1. The highest BCUT2D eigenvalue weighted by Crippen LogP contribution is 2.19. The molecular weight excluding hydrogens is 340 g/mol. The molecule has 0 radical (unpaired) electrons. The smallest absolute Gasteiger partial charge is 0.305 e. The molecule has 21 heavy (non-hydrogen) atoms. The number of carbonyl (C=O) groups is 2. The maximum absolute atomic E-state index is 12.6. The first-order chi connectivity index (χ1) is 10.1. The quantitative estimate of drug-likeness (QED) is 0.871. The maximum Gasteiger partial charge on any atom is 0.305 e. The molecule has 1 aliphatic heterocycles. The fourth-order valence-electron chi connectivity index (χ4n) is 2.36. The van der Waals surface area contributed by atoms with Gasteiger partial charge in [-0.3, -0.25) is 14.6 Å². The molecule has 6 nitrogen and oxygen atoms in total. The minimum atomic E-state index is -0.910. The van der Waals surface area contributed by atoms with Gasteiger partial charge in [0, 0.05) is 42.7 Å². The zero-order chi connectivity index (χ0) is 15.2. The van der Waals surface area contributed by atoms with Gasteiger partial charge in [-0.25, -0.2) is 0 Å². The van der Waals surface area contributed by atoms with Gasteiger partial charge in [0.1, 0.15) is 0 Å².